The highest BCUT2D eigenvalue weighted by Gasteiger charge is 2.28. The molecule has 1 saturated heterocycles. The van der Waals surface area contributed by atoms with Crippen molar-refractivity contribution in [3.05, 3.63) is 75.7 Å². The molecule has 1 aliphatic rings. The number of rotatable bonds is 8. The third kappa shape index (κ3) is 6.15. The maximum absolute atomic E-state index is 14.4. The number of anilines is 1. The van der Waals surface area contributed by atoms with E-state index in [0.29, 0.717) is 11.8 Å². The van der Waals surface area contributed by atoms with E-state index in [1.165, 1.54) is 13.3 Å². The summed E-state index contributed by atoms with van der Waals surface area (Å²) in [7, 11) is 0. The predicted molar refractivity (Wildman–Crippen MR) is 120 cm³/mol. The molecule has 1 heterocycles. The first kappa shape index (κ1) is 24.8. The normalized spacial score (nSPS) is 14.8. The molecule has 1 N–H and O–H groups in total. The zero-order chi connectivity index (χ0) is 24.0. The van der Waals surface area contributed by atoms with Gasteiger partial charge in [0.15, 0.2) is 17.5 Å². The van der Waals surface area contributed by atoms with Gasteiger partial charge in [-0.25, -0.2) is 18.0 Å². The fourth-order valence-electron chi connectivity index (χ4n) is 3.60. The van der Waals surface area contributed by atoms with Crippen molar-refractivity contribution in [2.24, 2.45) is 0 Å². The Kier molecular flexibility index (Phi) is 8.52. The molecular formula is C24H24ClF3N2O3. The Morgan fingerprint density at radius 2 is 1.85 bits per heavy atom. The van der Waals surface area contributed by atoms with Crippen molar-refractivity contribution in [3.8, 4) is 0 Å². The van der Waals surface area contributed by atoms with E-state index >= 15 is 0 Å². The number of esters is 1. The largest absolute Gasteiger partial charge is 0.462 e. The van der Waals surface area contributed by atoms with Gasteiger partial charge in [-0.05, 0) is 56.6 Å². The Bertz CT molecular complexity index is 1070. The number of hydrogen-bond acceptors (Lipinski definition) is 5. The second-order valence-electron chi connectivity index (χ2n) is 7.64. The minimum absolute atomic E-state index is 0.0458. The van der Waals surface area contributed by atoms with Crippen LogP contribution >= 0.6 is 11.6 Å². The van der Waals surface area contributed by atoms with E-state index in [0.717, 1.165) is 44.2 Å². The summed E-state index contributed by atoms with van der Waals surface area (Å²) in [4.78, 5) is 27.6. The summed E-state index contributed by atoms with van der Waals surface area (Å²) in [6.07, 6.45) is 4.62. The summed E-state index contributed by atoms with van der Waals surface area (Å²) >= 11 is 5.45. The van der Waals surface area contributed by atoms with Gasteiger partial charge in [-0.2, -0.15) is 0 Å². The van der Waals surface area contributed by atoms with Crippen molar-refractivity contribution >= 4 is 29.0 Å². The average Bonchev–Trinajstić information content (AvgIpc) is 2.81. The van der Waals surface area contributed by atoms with Crippen LogP contribution in [0.15, 0.2) is 42.1 Å². The highest BCUT2D eigenvalue weighted by Crippen LogP contribution is 2.27. The van der Waals surface area contributed by atoms with Gasteiger partial charge in [-0.15, -0.1) is 0 Å². The monoisotopic (exact) mass is 480 g/mol. The van der Waals surface area contributed by atoms with Crippen molar-refractivity contribution in [2.75, 3.05) is 25.0 Å². The second kappa shape index (κ2) is 11.3. The Morgan fingerprint density at radius 3 is 2.55 bits per heavy atom. The molecule has 5 nitrogen and oxygen atoms in total. The van der Waals surface area contributed by atoms with Gasteiger partial charge in [-0.1, -0.05) is 30.2 Å². The average molecular weight is 481 g/mol. The van der Waals surface area contributed by atoms with Gasteiger partial charge in [0.05, 0.1) is 12.2 Å². The van der Waals surface area contributed by atoms with Gasteiger partial charge in [0.2, 0.25) is 5.78 Å². The molecule has 2 aromatic carbocycles. The second-order valence-corrected chi connectivity index (χ2v) is 8.01. The summed E-state index contributed by atoms with van der Waals surface area (Å²) in [6.45, 7) is 4.31. The molecule has 3 rings (SSSR count). The van der Waals surface area contributed by atoms with Crippen LogP contribution in [0.4, 0.5) is 18.9 Å². The van der Waals surface area contributed by atoms with Crippen LogP contribution in [0.25, 0.3) is 0 Å². The highest BCUT2D eigenvalue weighted by atomic mass is 35.5. The van der Waals surface area contributed by atoms with Gasteiger partial charge in [0, 0.05) is 18.4 Å². The first-order valence-electron chi connectivity index (χ1n) is 10.6. The molecule has 0 spiro atoms. The molecule has 176 valence electrons. The van der Waals surface area contributed by atoms with Crippen LogP contribution < -0.4 is 5.32 Å². The highest BCUT2D eigenvalue weighted by molar-refractivity contribution is 6.32. The van der Waals surface area contributed by atoms with Crippen molar-refractivity contribution in [1.82, 2.24) is 4.90 Å². The standard InChI is InChI=1S/C24H24ClF3N2O3/c1-2-33-24(32)18(23(31)17-12-19(26)22(28)20(25)21(17)27)13-29-16-8-6-7-15(11-16)14-30-9-4-3-5-10-30/h6-8,11-13,29H,2-5,9-10,14H2,1H3. The lowest BCUT2D eigenvalue weighted by atomic mass is 10.0. The molecule has 0 radical (unpaired) electrons. The molecule has 0 saturated carbocycles. The van der Waals surface area contributed by atoms with Crippen molar-refractivity contribution < 1.29 is 27.5 Å². The number of benzene rings is 2. The molecule has 2 aromatic rings. The van der Waals surface area contributed by atoms with Gasteiger partial charge in [0.25, 0.3) is 0 Å². The maximum atomic E-state index is 14.4. The molecule has 0 aliphatic carbocycles. The zero-order valence-electron chi connectivity index (χ0n) is 18.1. The number of carbonyl (C=O) groups is 2. The van der Waals surface area contributed by atoms with Crippen molar-refractivity contribution in [3.63, 3.8) is 0 Å². The lowest BCUT2D eigenvalue weighted by Gasteiger charge is -2.26. The summed E-state index contributed by atoms with van der Waals surface area (Å²) < 4.78 is 46.5. The Hall–Kier alpha value is -2.84. The van der Waals surface area contributed by atoms with E-state index in [1.807, 2.05) is 18.2 Å². The van der Waals surface area contributed by atoms with Crippen LogP contribution in [0.3, 0.4) is 0 Å². The quantitative estimate of drug-likeness (QED) is 0.103. The van der Waals surface area contributed by atoms with E-state index in [2.05, 4.69) is 10.2 Å². The molecule has 1 fully saturated rings. The number of Topliss-reactive ketones (excluding diaryl/α,β-unsaturated/α-hetero) is 1. The van der Waals surface area contributed by atoms with Crippen LogP contribution in [0, 0.1) is 17.5 Å². The first-order chi connectivity index (χ1) is 15.8. The Morgan fingerprint density at radius 1 is 1.12 bits per heavy atom. The Labute approximate surface area is 195 Å². The summed E-state index contributed by atoms with van der Waals surface area (Å²) in [5.41, 5.74) is 0.166. The van der Waals surface area contributed by atoms with Crippen LogP contribution in [-0.4, -0.2) is 36.3 Å². The van der Waals surface area contributed by atoms with Crippen molar-refractivity contribution in [1.29, 1.82) is 0 Å². The van der Waals surface area contributed by atoms with E-state index in [-0.39, 0.29) is 6.61 Å². The topological polar surface area (TPSA) is 58.6 Å². The molecule has 0 aromatic heterocycles. The van der Waals surface area contributed by atoms with E-state index in [9.17, 15) is 22.8 Å². The smallest absolute Gasteiger partial charge is 0.343 e. The van der Waals surface area contributed by atoms with Gasteiger partial charge < -0.3 is 10.1 Å². The summed E-state index contributed by atoms with van der Waals surface area (Å²) in [5, 5.41) is 1.68. The molecule has 33 heavy (non-hydrogen) atoms. The summed E-state index contributed by atoms with van der Waals surface area (Å²) in [5.74, 6) is -6.81. The number of likely N-dealkylation sites (tertiary alicyclic amines) is 1. The number of ether oxygens (including phenoxy) is 1. The van der Waals surface area contributed by atoms with E-state index in [1.54, 1.807) is 6.07 Å². The van der Waals surface area contributed by atoms with E-state index < -0.39 is 45.4 Å². The first-order valence-corrected chi connectivity index (χ1v) is 11.0. The number of ketones is 1. The van der Waals surface area contributed by atoms with Crippen LogP contribution in [0.1, 0.15) is 42.1 Å². The fourth-order valence-corrected chi connectivity index (χ4v) is 3.79. The number of piperidine rings is 1. The molecule has 0 amide bonds. The van der Waals surface area contributed by atoms with Crippen LogP contribution in [0.2, 0.25) is 5.02 Å². The lowest BCUT2D eigenvalue weighted by molar-refractivity contribution is -0.138. The van der Waals surface area contributed by atoms with Crippen LogP contribution in [-0.2, 0) is 16.1 Å². The fraction of sp³-hybridized carbons (Fsp3) is 0.333. The SMILES string of the molecule is CCOC(=O)C(=CNc1cccc(CN2CCCCC2)c1)C(=O)c1cc(F)c(F)c(Cl)c1F. The minimum Gasteiger partial charge on any atom is -0.462 e. The molecule has 9 heteroatoms. The molecule has 0 atom stereocenters. The van der Waals surface area contributed by atoms with E-state index in [4.69, 9.17) is 16.3 Å². The zero-order valence-corrected chi connectivity index (χ0v) is 18.9. The molecule has 0 unspecified atom stereocenters. The predicted octanol–water partition coefficient (Wildman–Crippen LogP) is 5.49. The maximum Gasteiger partial charge on any atom is 0.343 e. The lowest BCUT2D eigenvalue weighted by Crippen LogP contribution is -2.29. The number of carbonyl (C=O) groups excluding carboxylic acids is 2. The molecule has 1 aliphatic heterocycles. The minimum atomic E-state index is -1.61. The number of hydrogen-bond donors (Lipinski definition) is 1. The van der Waals surface area contributed by atoms with Gasteiger partial charge >= 0.3 is 5.97 Å². The number of nitrogens with zero attached hydrogens (tertiary/aromatic N) is 1. The number of nitrogens with one attached hydrogen (secondary N) is 1. The molecular weight excluding hydrogens is 457 g/mol. The number of halogens is 4. The third-order valence-corrected chi connectivity index (χ3v) is 5.58. The third-order valence-electron chi connectivity index (χ3n) is 5.25. The Balaban J connectivity index is 1.86. The van der Waals surface area contributed by atoms with Gasteiger partial charge in [-0.3, -0.25) is 9.69 Å². The molecule has 0 bridgehead atoms. The van der Waals surface area contributed by atoms with Gasteiger partial charge in [0.1, 0.15) is 10.6 Å². The summed E-state index contributed by atoms with van der Waals surface area (Å²) in [6, 6.07) is 7.77. The van der Waals surface area contributed by atoms with Crippen molar-refractivity contribution in [2.45, 2.75) is 32.7 Å². The van der Waals surface area contributed by atoms with Crippen LogP contribution in [0.5, 0.6) is 0 Å².